The number of ether oxygens (including phenoxy) is 1. The molecule has 0 aliphatic heterocycles. The summed E-state index contributed by atoms with van der Waals surface area (Å²) in [6.45, 7) is 0. The van der Waals surface area contributed by atoms with Crippen molar-refractivity contribution < 1.29 is 14.6 Å². The van der Waals surface area contributed by atoms with Gasteiger partial charge in [-0.25, -0.2) is 0 Å². The molecule has 0 radical (unpaired) electrons. The molecule has 0 heterocycles. The number of aliphatic hydroxyl groups is 1. The van der Waals surface area contributed by atoms with E-state index in [4.69, 9.17) is 4.74 Å². The molecule has 0 bridgehead atoms. The van der Waals surface area contributed by atoms with Gasteiger partial charge in [0.1, 0.15) is 5.75 Å². The average Bonchev–Trinajstić information content (AvgIpc) is 2.70. The standard InChI is InChI=1S/C22H25NO3S/c1-26-19-11-13-20(14-12-19)27-21-5-3-2-4-16(21)6-15-22(25)23-17-7-9-18(24)10-8-17/h2-6,11-15,17-18,24H,7-10H2,1H3,(H,23,25)/b15-6+. The molecular formula is C22H25NO3S. The summed E-state index contributed by atoms with van der Waals surface area (Å²) in [4.78, 5) is 14.4. The normalized spacial score (nSPS) is 19.8. The molecule has 4 nitrogen and oxygen atoms in total. The maximum Gasteiger partial charge on any atom is 0.244 e. The molecule has 1 amide bonds. The van der Waals surface area contributed by atoms with Gasteiger partial charge < -0.3 is 15.2 Å². The lowest BCUT2D eigenvalue weighted by Crippen LogP contribution is -2.37. The van der Waals surface area contributed by atoms with E-state index in [0.29, 0.717) is 0 Å². The molecule has 2 aromatic rings. The first-order chi connectivity index (χ1) is 13.1. The first kappa shape index (κ1) is 19.5. The van der Waals surface area contributed by atoms with Gasteiger partial charge >= 0.3 is 0 Å². The van der Waals surface area contributed by atoms with E-state index in [1.165, 1.54) is 0 Å². The molecular weight excluding hydrogens is 358 g/mol. The largest absolute Gasteiger partial charge is 0.497 e. The lowest BCUT2D eigenvalue weighted by atomic mass is 9.93. The predicted octanol–water partition coefficient (Wildman–Crippen LogP) is 4.28. The van der Waals surface area contributed by atoms with Crippen LogP contribution < -0.4 is 10.1 Å². The van der Waals surface area contributed by atoms with Gasteiger partial charge in [-0.3, -0.25) is 4.79 Å². The van der Waals surface area contributed by atoms with Crippen LogP contribution in [0.5, 0.6) is 5.75 Å². The van der Waals surface area contributed by atoms with Gasteiger partial charge in [-0.1, -0.05) is 30.0 Å². The summed E-state index contributed by atoms with van der Waals surface area (Å²) >= 11 is 1.65. The minimum absolute atomic E-state index is 0.0827. The Labute approximate surface area is 164 Å². The highest BCUT2D eigenvalue weighted by Crippen LogP contribution is 2.32. The fourth-order valence-corrected chi connectivity index (χ4v) is 4.04. The average molecular weight is 384 g/mol. The summed E-state index contributed by atoms with van der Waals surface area (Å²) in [7, 11) is 1.66. The van der Waals surface area contributed by atoms with E-state index in [1.54, 1.807) is 24.9 Å². The van der Waals surface area contributed by atoms with E-state index in [2.05, 4.69) is 11.4 Å². The third-order valence-corrected chi connectivity index (χ3v) is 5.76. The van der Waals surface area contributed by atoms with Gasteiger partial charge in [0, 0.05) is 21.9 Å². The minimum Gasteiger partial charge on any atom is -0.497 e. The second kappa shape index (κ2) is 9.62. The van der Waals surface area contributed by atoms with Crippen molar-refractivity contribution in [2.75, 3.05) is 7.11 Å². The van der Waals surface area contributed by atoms with E-state index < -0.39 is 0 Å². The first-order valence-corrected chi connectivity index (χ1v) is 10.0. The van der Waals surface area contributed by atoms with Crippen LogP contribution in [-0.2, 0) is 4.79 Å². The molecule has 0 spiro atoms. The Bertz CT molecular complexity index is 780. The first-order valence-electron chi connectivity index (χ1n) is 9.21. The van der Waals surface area contributed by atoms with E-state index in [9.17, 15) is 9.90 Å². The van der Waals surface area contributed by atoms with Gasteiger partial charge in [-0.05, 0) is 67.7 Å². The molecule has 0 atom stereocenters. The topological polar surface area (TPSA) is 58.6 Å². The number of methoxy groups -OCH3 is 1. The van der Waals surface area contributed by atoms with Crippen LogP contribution >= 0.6 is 11.8 Å². The monoisotopic (exact) mass is 383 g/mol. The number of aliphatic hydroxyl groups excluding tert-OH is 1. The fraction of sp³-hybridized carbons (Fsp3) is 0.318. The van der Waals surface area contributed by atoms with Crippen molar-refractivity contribution in [2.45, 2.75) is 47.6 Å². The molecule has 1 fully saturated rings. The maximum atomic E-state index is 12.2. The summed E-state index contributed by atoms with van der Waals surface area (Å²) in [5.74, 6) is 0.750. The van der Waals surface area contributed by atoms with Gasteiger partial charge in [-0.15, -0.1) is 0 Å². The Kier molecular flexibility index (Phi) is 6.96. The predicted molar refractivity (Wildman–Crippen MR) is 109 cm³/mol. The highest BCUT2D eigenvalue weighted by atomic mass is 32.2. The van der Waals surface area contributed by atoms with Crippen LogP contribution in [0.1, 0.15) is 31.2 Å². The molecule has 2 N–H and O–H groups in total. The third-order valence-electron chi connectivity index (χ3n) is 4.66. The van der Waals surface area contributed by atoms with Crippen molar-refractivity contribution in [2.24, 2.45) is 0 Å². The Morgan fingerprint density at radius 3 is 2.52 bits per heavy atom. The van der Waals surface area contributed by atoms with Crippen LogP contribution in [0.4, 0.5) is 0 Å². The molecule has 0 aromatic heterocycles. The molecule has 1 aliphatic rings. The molecule has 5 heteroatoms. The molecule has 3 rings (SSSR count). The van der Waals surface area contributed by atoms with E-state index in [-0.39, 0.29) is 18.1 Å². The summed E-state index contributed by atoms with van der Waals surface area (Å²) in [6, 6.07) is 16.1. The molecule has 142 valence electrons. The Morgan fingerprint density at radius 1 is 1.11 bits per heavy atom. The van der Waals surface area contributed by atoms with Crippen molar-refractivity contribution in [3.63, 3.8) is 0 Å². The van der Waals surface area contributed by atoms with Crippen LogP contribution in [0.15, 0.2) is 64.4 Å². The SMILES string of the molecule is COc1ccc(Sc2ccccc2/C=C/C(=O)NC2CCC(O)CC2)cc1. The van der Waals surface area contributed by atoms with Crippen LogP contribution in [0, 0.1) is 0 Å². The number of nitrogens with one attached hydrogen (secondary N) is 1. The number of rotatable bonds is 6. The molecule has 2 aromatic carbocycles. The van der Waals surface area contributed by atoms with Gasteiger partial charge in [0.25, 0.3) is 0 Å². The van der Waals surface area contributed by atoms with Gasteiger partial charge in [0.05, 0.1) is 13.2 Å². The van der Waals surface area contributed by atoms with Crippen molar-refractivity contribution in [3.8, 4) is 5.75 Å². The van der Waals surface area contributed by atoms with Crippen LogP contribution in [-0.4, -0.2) is 30.3 Å². The number of hydrogen-bond acceptors (Lipinski definition) is 4. The highest BCUT2D eigenvalue weighted by Gasteiger charge is 2.19. The summed E-state index contributed by atoms with van der Waals surface area (Å²) in [5, 5.41) is 12.6. The van der Waals surface area contributed by atoms with E-state index in [0.717, 1.165) is 46.8 Å². The second-order valence-electron chi connectivity index (χ2n) is 6.66. The Balaban J connectivity index is 1.62. The number of amides is 1. The summed E-state index contributed by atoms with van der Waals surface area (Å²) in [5.41, 5.74) is 1.01. The highest BCUT2D eigenvalue weighted by molar-refractivity contribution is 7.99. The second-order valence-corrected chi connectivity index (χ2v) is 7.78. The Hall–Kier alpha value is -2.24. The van der Waals surface area contributed by atoms with E-state index in [1.807, 2.05) is 48.5 Å². The summed E-state index contributed by atoms with van der Waals surface area (Å²) in [6.07, 6.45) is 6.44. The van der Waals surface area contributed by atoms with E-state index >= 15 is 0 Å². The summed E-state index contributed by atoms with van der Waals surface area (Å²) < 4.78 is 5.20. The van der Waals surface area contributed by atoms with Gasteiger partial charge in [0.15, 0.2) is 0 Å². The zero-order valence-corrected chi connectivity index (χ0v) is 16.2. The molecule has 0 saturated heterocycles. The van der Waals surface area contributed by atoms with Crippen molar-refractivity contribution in [1.82, 2.24) is 5.32 Å². The van der Waals surface area contributed by atoms with Crippen molar-refractivity contribution >= 4 is 23.7 Å². The zero-order valence-electron chi connectivity index (χ0n) is 15.4. The van der Waals surface area contributed by atoms with Crippen molar-refractivity contribution in [1.29, 1.82) is 0 Å². The van der Waals surface area contributed by atoms with Crippen LogP contribution in [0.2, 0.25) is 0 Å². The number of carbonyl (C=O) groups excluding carboxylic acids is 1. The quantitative estimate of drug-likeness (QED) is 0.731. The van der Waals surface area contributed by atoms with Crippen LogP contribution in [0.25, 0.3) is 6.08 Å². The number of benzene rings is 2. The zero-order chi connectivity index (χ0) is 19.1. The molecule has 27 heavy (non-hydrogen) atoms. The lowest BCUT2D eigenvalue weighted by molar-refractivity contribution is -0.117. The lowest BCUT2D eigenvalue weighted by Gasteiger charge is -2.25. The Morgan fingerprint density at radius 2 is 1.81 bits per heavy atom. The molecule has 1 saturated carbocycles. The fourth-order valence-electron chi connectivity index (χ4n) is 3.12. The van der Waals surface area contributed by atoms with Gasteiger partial charge in [0.2, 0.25) is 5.91 Å². The van der Waals surface area contributed by atoms with Crippen molar-refractivity contribution in [3.05, 3.63) is 60.2 Å². The minimum atomic E-state index is -0.212. The maximum absolute atomic E-state index is 12.2. The number of hydrogen-bond donors (Lipinski definition) is 2. The van der Waals surface area contributed by atoms with Crippen LogP contribution in [0.3, 0.4) is 0 Å². The third kappa shape index (κ3) is 5.88. The van der Waals surface area contributed by atoms with Gasteiger partial charge in [-0.2, -0.15) is 0 Å². The smallest absolute Gasteiger partial charge is 0.244 e. The number of carbonyl (C=O) groups is 1. The molecule has 0 unspecified atom stereocenters. The molecule has 1 aliphatic carbocycles.